The van der Waals surface area contributed by atoms with E-state index in [2.05, 4.69) is 10.3 Å². The van der Waals surface area contributed by atoms with E-state index in [0.717, 1.165) is 5.56 Å². The lowest BCUT2D eigenvalue weighted by Crippen LogP contribution is -2.19. The number of thiazole rings is 1. The van der Waals surface area contributed by atoms with E-state index in [1.54, 1.807) is 17.6 Å². The van der Waals surface area contributed by atoms with Crippen LogP contribution in [0.5, 0.6) is 0 Å². The largest absolute Gasteiger partial charge is 0.346 e. The van der Waals surface area contributed by atoms with Crippen molar-refractivity contribution in [1.82, 2.24) is 9.55 Å². The molecule has 0 saturated carbocycles. The summed E-state index contributed by atoms with van der Waals surface area (Å²) < 4.78 is 15.4. The molecule has 4 nitrogen and oxygen atoms in total. The minimum absolute atomic E-state index is 0.155. The third-order valence-electron chi connectivity index (χ3n) is 3.28. The summed E-state index contributed by atoms with van der Waals surface area (Å²) >= 11 is 1.36. The lowest BCUT2D eigenvalue weighted by molar-refractivity contribution is -0.116. The highest BCUT2D eigenvalue weighted by Gasteiger charge is 2.18. The number of anilines is 1. The van der Waals surface area contributed by atoms with E-state index in [9.17, 15) is 9.18 Å². The van der Waals surface area contributed by atoms with Crippen molar-refractivity contribution < 1.29 is 9.18 Å². The van der Waals surface area contributed by atoms with E-state index >= 15 is 0 Å². The molecule has 22 heavy (non-hydrogen) atoms. The van der Waals surface area contributed by atoms with E-state index in [-0.39, 0.29) is 24.2 Å². The van der Waals surface area contributed by atoms with Crippen LogP contribution in [0, 0.1) is 5.82 Å². The van der Waals surface area contributed by atoms with Gasteiger partial charge in [-0.3, -0.25) is 4.79 Å². The topological polar surface area (TPSA) is 46.9 Å². The Labute approximate surface area is 131 Å². The Morgan fingerprint density at radius 3 is 2.82 bits per heavy atom. The summed E-state index contributed by atoms with van der Waals surface area (Å²) in [5.41, 5.74) is 0.755. The molecule has 0 fully saturated rings. The zero-order chi connectivity index (χ0) is 15.4. The minimum Gasteiger partial charge on any atom is -0.346 e. The predicted octanol–water partition coefficient (Wildman–Crippen LogP) is 3.70. The number of benzene rings is 1. The third kappa shape index (κ3) is 3.40. The quantitative estimate of drug-likeness (QED) is 0.780. The summed E-state index contributed by atoms with van der Waals surface area (Å²) in [5.74, 6) is -0.465. The summed E-state index contributed by atoms with van der Waals surface area (Å²) in [5, 5.41) is 5.12. The van der Waals surface area contributed by atoms with Crippen LogP contribution in [0.3, 0.4) is 0 Å². The van der Waals surface area contributed by atoms with Gasteiger partial charge < -0.3 is 9.88 Å². The maximum absolute atomic E-state index is 13.5. The molecule has 0 saturated heterocycles. The zero-order valence-corrected chi connectivity index (χ0v) is 12.5. The first kappa shape index (κ1) is 14.5. The van der Waals surface area contributed by atoms with Gasteiger partial charge >= 0.3 is 0 Å². The van der Waals surface area contributed by atoms with Crippen LogP contribution in [0.1, 0.15) is 18.0 Å². The van der Waals surface area contributed by atoms with Crippen molar-refractivity contribution in [2.45, 2.75) is 12.5 Å². The van der Waals surface area contributed by atoms with Crippen LogP contribution in [-0.2, 0) is 4.79 Å². The average Bonchev–Trinajstić information content (AvgIpc) is 3.18. The molecule has 1 N–H and O–H groups in total. The van der Waals surface area contributed by atoms with E-state index in [1.807, 2.05) is 35.2 Å². The molecular formula is C16H14FN3OS. The van der Waals surface area contributed by atoms with Gasteiger partial charge in [-0.1, -0.05) is 12.1 Å². The molecule has 3 rings (SSSR count). The van der Waals surface area contributed by atoms with Crippen molar-refractivity contribution in [2.75, 3.05) is 5.32 Å². The smallest absolute Gasteiger partial charge is 0.228 e. The lowest BCUT2D eigenvalue weighted by Gasteiger charge is -2.19. The van der Waals surface area contributed by atoms with Crippen LogP contribution >= 0.6 is 11.3 Å². The van der Waals surface area contributed by atoms with Crippen LogP contribution in [0.2, 0.25) is 0 Å². The third-order valence-corrected chi connectivity index (χ3v) is 3.97. The molecule has 0 unspecified atom stereocenters. The van der Waals surface area contributed by atoms with Crippen molar-refractivity contribution in [3.8, 4) is 0 Å². The van der Waals surface area contributed by atoms with E-state index in [1.165, 1.54) is 23.5 Å². The number of carbonyl (C=O) groups excluding carboxylic acids is 1. The van der Waals surface area contributed by atoms with Crippen molar-refractivity contribution in [3.05, 3.63) is 71.7 Å². The normalized spacial score (nSPS) is 12.0. The predicted molar refractivity (Wildman–Crippen MR) is 84.3 cm³/mol. The number of hydrogen-bond donors (Lipinski definition) is 1. The van der Waals surface area contributed by atoms with Gasteiger partial charge in [-0.2, -0.15) is 0 Å². The molecule has 2 heterocycles. The summed E-state index contributed by atoms with van der Waals surface area (Å²) in [6, 6.07) is 9.83. The first-order chi connectivity index (χ1) is 10.7. The number of nitrogens with one attached hydrogen (secondary N) is 1. The second kappa shape index (κ2) is 6.53. The Morgan fingerprint density at radius 1 is 1.32 bits per heavy atom. The maximum Gasteiger partial charge on any atom is 0.228 e. The van der Waals surface area contributed by atoms with Crippen LogP contribution in [0.4, 0.5) is 9.52 Å². The fourth-order valence-electron chi connectivity index (χ4n) is 2.30. The minimum atomic E-state index is -0.310. The highest BCUT2D eigenvalue weighted by molar-refractivity contribution is 7.13. The molecular weight excluding hydrogens is 301 g/mol. The van der Waals surface area contributed by atoms with Crippen molar-refractivity contribution in [1.29, 1.82) is 0 Å². The van der Waals surface area contributed by atoms with E-state index in [4.69, 9.17) is 0 Å². The van der Waals surface area contributed by atoms with Gasteiger partial charge in [-0.05, 0) is 29.8 Å². The summed E-state index contributed by atoms with van der Waals surface area (Å²) in [6.45, 7) is 0. The van der Waals surface area contributed by atoms with Gasteiger partial charge in [0, 0.05) is 24.0 Å². The van der Waals surface area contributed by atoms with Gasteiger partial charge in [0.2, 0.25) is 5.91 Å². The highest BCUT2D eigenvalue weighted by atomic mass is 32.1. The standard InChI is InChI=1S/C16H14FN3OS/c17-13-5-3-4-12(10-13)14(20-7-1-2-8-20)11-15(21)19-16-18-6-9-22-16/h1-10,14H,11H2,(H,18,19,21)/t14-/m1/s1. The Hall–Kier alpha value is -2.47. The summed E-state index contributed by atoms with van der Waals surface area (Å²) in [4.78, 5) is 16.3. The van der Waals surface area contributed by atoms with Crippen LogP contribution in [0.15, 0.2) is 60.4 Å². The van der Waals surface area contributed by atoms with Gasteiger partial charge in [0.1, 0.15) is 5.82 Å². The number of aromatic nitrogens is 2. The number of nitrogens with zero attached hydrogens (tertiary/aromatic N) is 2. The Balaban J connectivity index is 1.82. The molecule has 0 aliphatic heterocycles. The molecule has 6 heteroatoms. The molecule has 1 aromatic carbocycles. The van der Waals surface area contributed by atoms with Crippen LogP contribution < -0.4 is 5.32 Å². The molecule has 1 amide bonds. The zero-order valence-electron chi connectivity index (χ0n) is 11.6. The monoisotopic (exact) mass is 315 g/mol. The average molecular weight is 315 g/mol. The molecule has 1 atom stereocenters. The lowest BCUT2D eigenvalue weighted by atomic mass is 10.0. The first-order valence-electron chi connectivity index (χ1n) is 6.79. The second-order valence-electron chi connectivity index (χ2n) is 4.79. The first-order valence-corrected chi connectivity index (χ1v) is 7.67. The molecule has 3 aromatic rings. The Bertz CT molecular complexity index is 741. The fourth-order valence-corrected chi connectivity index (χ4v) is 2.84. The number of carbonyl (C=O) groups is 1. The van der Waals surface area contributed by atoms with E-state index in [0.29, 0.717) is 5.13 Å². The van der Waals surface area contributed by atoms with Gasteiger partial charge in [-0.15, -0.1) is 11.3 Å². The number of halogens is 1. The van der Waals surface area contributed by atoms with Crippen molar-refractivity contribution >= 4 is 22.4 Å². The number of rotatable bonds is 5. The van der Waals surface area contributed by atoms with Gasteiger partial charge in [-0.25, -0.2) is 9.37 Å². The Morgan fingerprint density at radius 2 is 2.14 bits per heavy atom. The van der Waals surface area contributed by atoms with Gasteiger partial charge in [0.05, 0.1) is 12.5 Å². The molecule has 0 bridgehead atoms. The molecule has 112 valence electrons. The molecule has 0 aliphatic rings. The molecule has 0 radical (unpaired) electrons. The summed E-state index contributed by atoms with van der Waals surface area (Å²) in [6.07, 6.45) is 5.58. The van der Waals surface area contributed by atoms with E-state index < -0.39 is 0 Å². The maximum atomic E-state index is 13.5. The SMILES string of the molecule is O=C(C[C@H](c1cccc(F)c1)n1cccc1)Nc1nccs1. The van der Waals surface area contributed by atoms with Crippen molar-refractivity contribution in [2.24, 2.45) is 0 Å². The van der Waals surface area contributed by atoms with Crippen LogP contribution in [0.25, 0.3) is 0 Å². The van der Waals surface area contributed by atoms with Gasteiger partial charge in [0.15, 0.2) is 5.13 Å². The number of amides is 1. The molecule has 0 aliphatic carbocycles. The number of hydrogen-bond acceptors (Lipinski definition) is 3. The molecule has 0 spiro atoms. The second-order valence-corrected chi connectivity index (χ2v) is 5.69. The van der Waals surface area contributed by atoms with Crippen LogP contribution in [-0.4, -0.2) is 15.5 Å². The Kier molecular flexibility index (Phi) is 4.29. The van der Waals surface area contributed by atoms with Gasteiger partial charge in [0.25, 0.3) is 0 Å². The van der Waals surface area contributed by atoms with Crippen molar-refractivity contribution in [3.63, 3.8) is 0 Å². The molecule has 2 aromatic heterocycles. The highest BCUT2D eigenvalue weighted by Crippen LogP contribution is 2.24. The fraction of sp³-hybridized carbons (Fsp3) is 0.125. The summed E-state index contributed by atoms with van der Waals surface area (Å²) in [7, 11) is 0.